The Morgan fingerprint density at radius 1 is 1.47 bits per heavy atom. The van der Waals surface area contributed by atoms with Crippen molar-refractivity contribution in [3.8, 4) is 0 Å². The van der Waals surface area contributed by atoms with E-state index in [-0.39, 0.29) is 12.4 Å². The molecule has 3 rings (SSSR count). The second kappa shape index (κ2) is 4.96. The van der Waals surface area contributed by atoms with E-state index in [1.165, 1.54) is 30.5 Å². The third-order valence-corrected chi connectivity index (χ3v) is 3.80. The number of halogens is 2. The highest BCUT2D eigenvalue weighted by atomic mass is 79.9. The van der Waals surface area contributed by atoms with E-state index in [1.807, 2.05) is 12.3 Å². The van der Waals surface area contributed by atoms with Crippen LogP contribution < -0.4 is 0 Å². The normalized spacial score (nSPS) is 20.7. The van der Waals surface area contributed by atoms with E-state index in [9.17, 15) is 0 Å². The lowest BCUT2D eigenvalue weighted by atomic mass is 10.1. The Labute approximate surface area is 115 Å². The molecule has 0 unspecified atom stereocenters. The lowest BCUT2D eigenvalue weighted by molar-refractivity contribution is 0.313. The summed E-state index contributed by atoms with van der Waals surface area (Å²) in [6, 6.07) is 4.81. The molecule has 92 valence electrons. The van der Waals surface area contributed by atoms with Gasteiger partial charge >= 0.3 is 0 Å². The van der Waals surface area contributed by atoms with E-state index in [4.69, 9.17) is 0 Å². The van der Waals surface area contributed by atoms with Gasteiger partial charge in [-0.1, -0.05) is 0 Å². The van der Waals surface area contributed by atoms with E-state index in [0.717, 1.165) is 10.1 Å². The first-order valence-corrected chi connectivity index (χ1v) is 6.38. The van der Waals surface area contributed by atoms with Crippen molar-refractivity contribution >= 4 is 39.2 Å². The second-order valence-corrected chi connectivity index (χ2v) is 5.27. The number of hydrogen-bond acceptors (Lipinski definition) is 2. The van der Waals surface area contributed by atoms with Gasteiger partial charge < -0.3 is 4.98 Å². The zero-order valence-corrected chi connectivity index (χ0v) is 12.0. The molecular formula is C12H15BrClN3. The van der Waals surface area contributed by atoms with Crippen LogP contribution in [0.2, 0.25) is 0 Å². The van der Waals surface area contributed by atoms with Crippen LogP contribution in [0.5, 0.6) is 0 Å². The van der Waals surface area contributed by atoms with Gasteiger partial charge in [0, 0.05) is 28.8 Å². The summed E-state index contributed by atoms with van der Waals surface area (Å²) in [5.74, 6) is 0. The van der Waals surface area contributed by atoms with Crippen molar-refractivity contribution in [2.24, 2.45) is 0 Å². The van der Waals surface area contributed by atoms with Crippen LogP contribution in [0.15, 0.2) is 22.9 Å². The molecule has 0 aromatic carbocycles. The molecule has 0 spiro atoms. The van der Waals surface area contributed by atoms with E-state index in [2.05, 4.69) is 43.9 Å². The first-order valence-electron chi connectivity index (χ1n) is 5.58. The molecule has 3 nitrogen and oxygen atoms in total. The zero-order valence-electron chi connectivity index (χ0n) is 9.61. The van der Waals surface area contributed by atoms with Gasteiger partial charge in [-0.2, -0.15) is 0 Å². The maximum absolute atomic E-state index is 4.25. The van der Waals surface area contributed by atoms with Gasteiger partial charge in [0.15, 0.2) is 0 Å². The summed E-state index contributed by atoms with van der Waals surface area (Å²) >= 11 is 3.40. The first-order chi connectivity index (χ1) is 7.74. The molecule has 0 radical (unpaired) electrons. The van der Waals surface area contributed by atoms with Crippen LogP contribution in [-0.4, -0.2) is 28.5 Å². The van der Waals surface area contributed by atoms with Gasteiger partial charge in [-0.25, -0.2) is 4.98 Å². The minimum Gasteiger partial charge on any atom is -0.357 e. The fraction of sp³-hybridized carbons (Fsp3) is 0.417. The predicted octanol–water partition coefficient (Wildman–Crippen LogP) is 3.51. The molecule has 0 saturated carbocycles. The fourth-order valence-electron chi connectivity index (χ4n) is 2.51. The highest BCUT2D eigenvalue weighted by molar-refractivity contribution is 9.10. The van der Waals surface area contributed by atoms with Gasteiger partial charge in [-0.3, -0.25) is 4.90 Å². The van der Waals surface area contributed by atoms with Crippen LogP contribution in [0, 0.1) is 0 Å². The summed E-state index contributed by atoms with van der Waals surface area (Å²) in [6.45, 7) is 1.20. The van der Waals surface area contributed by atoms with Crippen LogP contribution in [-0.2, 0) is 0 Å². The van der Waals surface area contributed by atoms with Gasteiger partial charge in [0.05, 0.1) is 0 Å². The Morgan fingerprint density at radius 2 is 2.29 bits per heavy atom. The summed E-state index contributed by atoms with van der Waals surface area (Å²) in [6.07, 6.45) is 4.45. The largest absolute Gasteiger partial charge is 0.357 e. The van der Waals surface area contributed by atoms with Crippen molar-refractivity contribution in [2.45, 2.75) is 18.9 Å². The molecule has 17 heavy (non-hydrogen) atoms. The quantitative estimate of drug-likeness (QED) is 0.816. The summed E-state index contributed by atoms with van der Waals surface area (Å²) in [7, 11) is 2.19. The number of aromatic nitrogens is 2. The maximum atomic E-state index is 4.25. The molecule has 1 aliphatic heterocycles. The number of H-pyrrole nitrogens is 1. The van der Waals surface area contributed by atoms with Crippen molar-refractivity contribution in [3.63, 3.8) is 0 Å². The first kappa shape index (κ1) is 12.9. The number of hydrogen-bond donors (Lipinski definition) is 1. The predicted molar refractivity (Wildman–Crippen MR) is 75.6 cm³/mol. The standard InChI is InChI=1S/C12H14BrN3.ClH/c1-16-4-2-3-11(16)10-5-8-7-14-12(13)6-9(8)15-10;/h5-7,11,15H,2-4H2,1H3;1H/t11-;/m1./s1. The third kappa shape index (κ3) is 2.34. The van der Waals surface area contributed by atoms with Gasteiger partial charge in [0.1, 0.15) is 4.60 Å². The lowest BCUT2D eigenvalue weighted by Gasteiger charge is -2.17. The SMILES string of the molecule is CN1CCC[C@@H]1c1cc2cnc(Br)cc2[nH]1.Cl. The highest BCUT2D eigenvalue weighted by Crippen LogP contribution is 2.31. The van der Waals surface area contributed by atoms with Crippen LogP contribution >= 0.6 is 28.3 Å². The summed E-state index contributed by atoms with van der Waals surface area (Å²) in [5, 5.41) is 1.19. The summed E-state index contributed by atoms with van der Waals surface area (Å²) in [4.78, 5) is 10.2. The third-order valence-electron chi connectivity index (χ3n) is 3.37. The molecule has 2 aromatic heterocycles. The molecule has 0 aliphatic carbocycles. The Bertz CT molecular complexity index is 525. The number of likely N-dealkylation sites (tertiary alicyclic amines) is 1. The van der Waals surface area contributed by atoms with Crippen LogP contribution in [0.4, 0.5) is 0 Å². The Kier molecular flexibility index (Phi) is 3.76. The average molecular weight is 317 g/mol. The van der Waals surface area contributed by atoms with Crippen molar-refractivity contribution in [3.05, 3.63) is 28.6 Å². The van der Waals surface area contributed by atoms with Gasteiger partial charge in [0.25, 0.3) is 0 Å². The zero-order chi connectivity index (χ0) is 11.1. The number of nitrogens with one attached hydrogen (secondary N) is 1. The summed E-state index contributed by atoms with van der Waals surface area (Å²) < 4.78 is 0.883. The smallest absolute Gasteiger partial charge is 0.108 e. The number of pyridine rings is 1. The van der Waals surface area contributed by atoms with Gasteiger partial charge in [-0.15, -0.1) is 12.4 Å². The molecule has 0 bridgehead atoms. The minimum atomic E-state index is 0. The van der Waals surface area contributed by atoms with Crippen LogP contribution in [0.3, 0.4) is 0 Å². The van der Waals surface area contributed by atoms with E-state index in [1.54, 1.807) is 0 Å². The molecule has 5 heteroatoms. The number of rotatable bonds is 1. The molecular weight excluding hydrogens is 302 g/mol. The molecule has 0 amide bonds. The maximum Gasteiger partial charge on any atom is 0.108 e. The molecule has 1 atom stereocenters. The number of fused-ring (bicyclic) bond motifs is 1. The lowest BCUT2D eigenvalue weighted by Crippen LogP contribution is -2.17. The topological polar surface area (TPSA) is 31.9 Å². The Balaban J connectivity index is 0.00000108. The van der Waals surface area contributed by atoms with Gasteiger partial charge in [0.2, 0.25) is 0 Å². The Morgan fingerprint density at radius 3 is 3.00 bits per heavy atom. The molecule has 2 aromatic rings. The Hall–Kier alpha value is -0.580. The average Bonchev–Trinajstić information content (AvgIpc) is 2.82. The number of nitrogens with zero attached hydrogens (tertiary/aromatic N) is 2. The minimum absolute atomic E-state index is 0. The fourth-order valence-corrected chi connectivity index (χ4v) is 2.84. The van der Waals surface area contributed by atoms with Crippen molar-refractivity contribution in [1.82, 2.24) is 14.9 Å². The van der Waals surface area contributed by atoms with Crippen molar-refractivity contribution in [2.75, 3.05) is 13.6 Å². The van der Waals surface area contributed by atoms with Crippen molar-refractivity contribution in [1.29, 1.82) is 0 Å². The second-order valence-electron chi connectivity index (χ2n) is 4.46. The molecule has 1 saturated heterocycles. The molecule has 1 fully saturated rings. The monoisotopic (exact) mass is 315 g/mol. The van der Waals surface area contributed by atoms with E-state index < -0.39 is 0 Å². The van der Waals surface area contributed by atoms with E-state index >= 15 is 0 Å². The molecule has 3 heterocycles. The molecule has 1 aliphatic rings. The van der Waals surface area contributed by atoms with E-state index in [0.29, 0.717) is 6.04 Å². The van der Waals surface area contributed by atoms with Gasteiger partial charge in [-0.05, 0) is 54.5 Å². The van der Waals surface area contributed by atoms with Crippen LogP contribution in [0.1, 0.15) is 24.6 Å². The number of aromatic amines is 1. The van der Waals surface area contributed by atoms with Crippen molar-refractivity contribution < 1.29 is 0 Å². The van der Waals surface area contributed by atoms with Crippen LogP contribution in [0.25, 0.3) is 10.9 Å². The molecule has 1 N–H and O–H groups in total. The summed E-state index contributed by atoms with van der Waals surface area (Å²) in [5.41, 5.74) is 2.48. The highest BCUT2D eigenvalue weighted by Gasteiger charge is 2.23.